The number of aryl methyl sites for hydroxylation is 1. The van der Waals surface area contributed by atoms with Crippen molar-refractivity contribution in [3.05, 3.63) is 29.8 Å². The average molecular weight is 306 g/mol. The monoisotopic (exact) mass is 306 g/mol. The van der Waals surface area contributed by atoms with E-state index in [-0.39, 0.29) is 0 Å². The van der Waals surface area contributed by atoms with E-state index in [2.05, 4.69) is 23.9 Å². The first-order valence-corrected chi connectivity index (χ1v) is 8.28. The second kappa shape index (κ2) is 8.51. The fourth-order valence-corrected chi connectivity index (χ4v) is 3.08. The molecule has 2 rings (SSSR count). The van der Waals surface area contributed by atoms with Gasteiger partial charge in [0.2, 0.25) is 0 Å². The van der Waals surface area contributed by atoms with Crippen molar-refractivity contribution in [3.63, 3.8) is 0 Å². The Hall–Kier alpha value is -1.10. The fourth-order valence-electron chi connectivity index (χ4n) is 3.08. The van der Waals surface area contributed by atoms with E-state index in [1.165, 1.54) is 25.9 Å². The van der Waals surface area contributed by atoms with Crippen molar-refractivity contribution >= 4 is 0 Å². The first kappa shape index (κ1) is 17.3. The lowest BCUT2D eigenvalue weighted by Crippen LogP contribution is -2.39. The van der Waals surface area contributed by atoms with Gasteiger partial charge in [0.25, 0.3) is 0 Å². The summed E-state index contributed by atoms with van der Waals surface area (Å²) in [5.41, 5.74) is 1.11. The number of likely N-dealkylation sites (N-methyl/N-ethyl adjacent to an activating group) is 1. The largest absolute Gasteiger partial charge is 0.491 e. The Balaban J connectivity index is 1.68. The quantitative estimate of drug-likeness (QED) is 0.836. The highest BCUT2D eigenvalue weighted by Crippen LogP contribution is 2.18. The zero-order valence-corrected chi connectivity index (χ0v) is 14.2. The number of benzene rings is 1. The molecule has 4 nitrogen and oxygen atoms in total. The molecule has 1 N–H and O–H groups in total. The van der Waals surface area contributed by atoms with Crippen LogP contribution >= 0.6 is 0 Å². The van der Waals surface area contributed by atoms with Crippen molar-refractivity contribution in [2.75, 3.05) is 46.9 Å². The van der Waals surface area contributed by atoms with Crippen LogP contribution in [-0.4, -0.2) is 67.9 Å². The van der Waals surface area contributed by atoms with Gasteiger partial charge in [-0.2, -0.15) is 0 Å². The fraction of sp³-hybridized carbons (Fsp3) is 0.667. The summed E-state index contributed by atoms with van der Waals surface area (Å²) in [5.74, 6) is 1.62. The maximum atomic E-state index is 10.2. The number of ether oxygens (including phenoxy) is 1. The molecular formula is C18H30N2O2. The molecule has 0 radical (unpaired) electrons. The van der Waals surface area contributed by atoms with E-state index in [0.29, 0.717) is 13.2 Å². The first-order chi connectivity index (χ1) is 10.5. The lowest BCUT2D eigenvalue weighted by molar-refractivity contribution is 0.0668. The molecule has 0 saturated carbocycles. The molecule has 1 aliphatic rings. The molecule has 1 heterocycles. The van der Waals surface area contributed by atoms with Gasteiger partial charge in [-0.3, -0.25) is 0 Å². The minimum Gasteiger partial charge on any atom is -0.491 e. The number of piperidine rings is 1. The Morgan fingerprint density at radius 2 is 2.00 bits per heavy atom. The van der Waals surface area contributed by atoms with Gasteiger partial charge < -0.3 is 19.6 Å². The van der Waals surface area contributed by atoms with Gasteiger partial charge in [-0.15, -0.1) is 0 Å². The van der Waals surface area contributed by atoms with Crippen molar-refractivity contribution in [2.24, 2.45) is 5.92 Å². The highest BCUT2D eigenvalue weighted by molar-refractivity contribution is 5.31. The smallest absolute Gasteiger partial charge is 0.122 e. The number of hydrogen-bond donors (Lipinski definition) is 1. The van der Waals surface area contributed by atoms with Crippen LogP contribution in [0.3, 0.4) is 0 Å². The molecule has 0 aromatic heterocycles. The molecular weight excluding hydrogens is 276 g/mol. The van der Waals surface area contributed by atoms with Crippen LogP contribution in [0.1, 0.15) is 18.4 Å². The van der Waals surface area contributed by atoms with E-state index in [1.807, 2.05) is 31.2 Å². The minimum absolute atomic E-state index is 0.350. The Kier molecular flexibility index (Phi) is 6.68. The predicted molar refractivity (Wildman–Crippen MR) is 90.4 cm³/mol. The average Bonchev–Trinajstić information content (AvgIpc) is 2.49. The number of aliphatic hydroxyl groups is 1. The van der Waals surface area contributed by atoms with Crippen LogP contribution in [0.4, 0.5) is 0 Å². The van der Waals surface area contributed by atoms with E-state index < -0.39 is 6.10 Å². The van der Waals surface area contributed by atoms with Crippen LogP contribution < -0.4 is 4.74 Å². The first-order valence-electron chi connectivity index (χ1n) is 8.28. The van der Waals surface area contributed by atoms with Crippen molar-refractivity contribution in [1.82, 2.24) is 9.80 Å². The lowest BCUT2D eigenvalue weighted by Gasteiger charge is -2.32. The lowest BCUT2D eigenvalue weighted by atomic mass is 9.96. The topological polar surface area (TPSA) is 35.9 Å². The van der Waals surface area contributed by atoms with Crippen molar-refractivity contribution < 1.29 is 9.84 Å². The molecule has 1 fully saturated rings. The van der Waals surface area contributed by atoms with E-state index in [9.17, 15) is 5.11 Å². The molecule has 1 unspecified atom stereocenters. The minimum atomic E-state index is -0.448. The highest BCUT2D eigenvalue weighted by atomic mass is 16.5. The van der Waals surface area contributed by atoms with E-state index in [1.54, 1.807) is 0 Å². The Morgan fingerprint density at radius 1 is 1.32 bits per heavy atom. The summed E-state index contributed by atoms with van der Waals surface area (Å²) in [7, 11) is 4.28. The van der Waals surface area contributed by atoms with Gasteiger partial charge >= 0.3 is 0 Å². The molecule has 22 heavy (non-hydrogen) atoms. The van der Waals surface area contributed by atoms with E-state index in [0.717, 1.165) is 23.8 Å². The van der Waals surface area contributed by atoms with Gasteiger partial charge in [0.05, 0.1) is 0 Å². The van der Waals surface area contributed by atoms with E-state index in [4.69, 9.17) is 4.74 Å². The maximum Gasteiger partial charge on any atom is 0.122 e. The van der Waals surface area contributed by atoms with Gasteiger partial charge in [-0.1, -0.05) is 18.2 Å². The molecule has 1 aromatic carbocycles. The third-order valence-electron chi connectivity index (χ3n) is 4.46. The summed E-state index contributed by atoms with van der Waals surface area (Å²) in [6.07, 6.45) is 2.07. The SMILES string of the molecule is Cc1ccccc1OCC(O)CN(C)CC1CCN(C)CC1. The number of likely N-dealkylation sites (tertiary alicyclic amines) is 1. The Bertz CT molecular complexity index is 444. The summed E-state index contributed by atoms with van der Waals surface area (Å²) in [6, 6.07) is 7.92. The highest BCUT2D eigenvalue weighted by Gasteiger charge is 2.19. The molecule has 0 bridgehead atoms. The number of aliphatic hydroxyl groups excluding tert-OH is 1. The van der Waals surface area contributed by atoms with Gasteiger partial charge in [0.15, 0.2) is 0 Å². The summed E-state index contributed by atoms with van der Waals surface area (Å²) in [4.78, 5) is 4.63. The van der Waals surface area contributed by atoms with Gasteiger partial charge in [-0.25, -0.2) is 0 Å². The third kappa shape index (κ3) is 5.59. The number of para-hydroxylation sites is 1. The predicted octanol–water partition coefficient (Wildman–Crippen LogP) is 2.01. The molecule has 0 amide bonds. The van der Waals surface area contributed by atoms with Crippen LogP contribution in [-0.2, 0) is 0 Å². The summed E-state index contributed by atoms with van der Waals surface area (Å²) < 4.78 is 5.72. The Labute approximate surface area is 134 Å². The van der Waals surface area contributed by atoms with Crippen LogP contribution in [0.25, 0.3) is 0 Å². The Morgan fingerprint density at radius 3 is 2.68 bits per heavy atom. The van der Waals surface area contributed by atoms with Gasteiger partial charge in [-0.05, 0) is 64.5 Å². The molecule has 1 saturated heterocycles. The summed E-state index contributed by atoms with van der Waals surface area (Å²) in [5, 5.41) is 10.2. The van der Waals surface area contributed by atoms with Crippen LogP contribution in [0.5, 0.6) is 5.75 Å². The van der Waals surface area contributed by atoms with Crippen LogP contribution in [0.2, 0.25) is 0 Å². The zero-order valence-electron chi connectivity index (χ0n) is 14.2. The van der Waals surface area contributed by atoms with Gasteiger partial charge in [0.1, 0.15) is 18.5 Å². The second-order valence-corrected chi connectivity index (χ2v) is 6.70. The second-order valence-electron chi connectivity index (χ2n) is 6.70. The van der Waals surface area contributed by atoms with Crippen molar-refractivity contribution in [3.8, 4) is 5.75 Å². The standard InChI is InChI=1S/C18H30N2O2/c1-15-6-4-5-7-18(15)22-14-17(21)13-20(3)12-16-8-10-19(2)11-9-16/h4-7,16-17,21H,8-14H2,1-3H3. The van der Waals surface area contributed by atoms with Crippen LogP contribution in [0, 0.1) is 12.8 Å². The van der Waals surface area contributed by atoms with E-state index >= 15 is 0 Å². The third-order valence-corrected chi connectivity index (χ3v) is 4.46. The van der Waals surface area contributed by atoms with Crippen LogP contribution in [0.15, 0.2) is 24.3 Å². The zero-order chi connectivity index (χ0) is 15.9. The molecule has 1 aliphatic heterocycles. The molecule has 4 heteroatoms. The molecule has 0 aliphatic carbocycles. The molecule has 124 valence electrons. The number of rotatable bonds is 7. The van der Waals surface area contributed by atoms with Crippen molar-refractivity contribution in [1.29, 1.82) is 0 Å². The van der Waals surface area contributed by atoms with Crippen molar-refractivity contribution in [2.45, 2.75) is 25.9 Å². The molecule has 1 atom stereocenters. The summed E-state index contributed by atoms with van der Waals surface area (Å²) in [6.45, 7) is 6.49. The van der Waals surface area contributed by atoms with Gasteiger partial charge in [0, 0.05) is 13.1 Å². The molecule has 1 aromatic rings. The summed E-state index contributed by atoms with van der Waals surface area (Å²) >= 11 is 0. The maximum absolute atomic E-state index is 10.2. The normalized spacial score (nSPS) is 18.6. The number of nitrogens with zero attached hydrogens (tertiary/aromatic N) is 2. The molecule has 0 spiro atoms. The number of hydrogen-bond acceptors (Lipinski definition) is 4.